The quantitative estimate of drug-likeness (QED) is 0.847. The summed E-state index contributed by atoms with van der Waals surface area (Å²) in [5.74, 6) is 0.821. The SMILES string of the molecule is CC(C)C(NC(=O)c1cccnc1)C(C)C. The van der Waals surface area contributed by atoms with Crippen LogP contribution >= 0.6 is 0 Å². The molecule has 3 heteroatoms. The van der Waals surface area contributed by atoms with Crippen molar-refractivity contribution in [3.8, 4) is 0 Å². The van der Waals surface area contributed by atoms with Crippen molar-refractivity contribution in [2.24, 2.45) is 11.8 Å². The van der Waals surface area contributed by atoms with Gasteiger partial charge in [-0.3, -0.25) is 9.78 Å². The minimum Gasteiger partial charge on any atom is -0.349 e. The normalized spacial score (nSPS) is 11.2. The molecule has 0 aliphatic heterocycles. The first kappa shape index (κ1) is 12.7. The lowest BCUT2D eigenvalue weighted by Gasteiger charge is -2.26. The predicted octanol–water partition coefficient (Wildman–Crippen LogP) is 2.49. The van der Waals surface area contributed by atoms with E-state index in [1.54, 1.807) is 24.5 Å². The maximum atomic E-state index is 11.9. The Morgan fingerprint density at radius 3 is 2.31 bits per heavy atom. The maximum absolute atomic E-state index is 11.9. The van der Waals surface area contributed by atoms with Gasteiger partial charge in [-0.1, -0.05) is 27.7 Å². The third-order valence-electron chi connectivity index (χ3n) is 2.66. The molecule has 0 aliphatic rings. The van der Waals surface area contributed by atoms with Gasteiger partial charge < -0.3 is 5.32 Å². The molecule has 0 atom stereocenters. The van der Waals surface area contributed by atoms with E-state index in [9.17, 15) is 4.79 Å². The highest BCUT2D eigenvalue weighted by molar-refractivity contribution is 5.94. The van der Waals surface area contributed by atoms with Crippen molar-refractivity contribution in [1.29, 1.82) is 0 Å². The minimum atomic E-state index is -0.0412. The number of amides is 1. The smallest absolute Gasteiger partial charge is 0.253 e. The Balaban J connectivity index is 2.70. The van der Waals surface area contributed by atoms with Gasteiger partial charge in [-0.05, 0) is 24.0 Å². The van der Waals surface area contributed by atoms with Gasteiger partial charge in [-0.2, -0.15) is 0 Å². The molecule has 0 radical (unpaired) electrons. The zero-order valence-electron chi connectivity index (χ0n) is 10.4. The second-order valence-corrected chi connectivity index (χ2v) is 4.73. The largest absolute Gasteiger partial charge is 0.349 e. The summed E-state index contributed by atoms with van der Waals surface area (Å²) >= 11 is 0. The van der Waals surface area contributed by atoms with E-state index in [1.807, 2.05) is 0 Å². The Morgan fingerprint density at radius 2 is 1.88 bits per heavy atom. The molecule has 16 heavy (non-hydrogen) atoms. The van der Waals surface area contributed by atoms with E-state index in [4.69, 9.17) is 0 Å². The van der Waals surface area contributed by atoms with Gasteiger partial charge >= 0.3 is 0 Å². The lowest BCUT2D eigenvalue weighted by atomic mass is 9.93. The van der Waals surface area contributed by atoms with E-state index in [2.05, 4.69) is 38.0 Å². The summed E-state index contributed by atoms with van der Waals surface area (Å²) in [5.41, 5.74) is 0.619. The van der Waals surface area contributed by atoms with Crippen LogP contribution < -0.4 is 5.32 Å². The van der Waals surface area contributed by atoms with E-state index in [0.29, 0.717) is 17.4 Å². The summed E-state index contributed by atoms with van der Waals surface area (Å²) in [6.07, 6.45) is 3.26. The molecule has 0 spiro atoms. The van der Waals surface area contributed by atoms with Gasteiger partial charge in [0.2, 0.25) is 0 Å². The molecule has 1 heterocycles. The van der Waals surface area contributed by atoms with Crippen LogP contribution in [0.1, 0.15) is 38.1 Å². The standard InChI is InChI=1S/C13H20N2O/c1-9(2)12(10(3)4)15-13(16)11-6-5-7-14-8-11/h5-10,12H,1-4H3,(H,15,16). The van der Waals surface area contributed by atoms with E-state index >= 15 is 0 Å². The van der Waals surface area contributed by atoms with Gasteiger partial charge in [0.25, 0.3) is 5.91 Å². The van der Waals surface area contributed by atoms with Crippen molar-refractivity contribution >= 4 is 5.91 Å². The highest BCUT2D eigenvalue weighted by atomic mass is 16.1. The van der Waals surface area contributed by atoms with Crippen LogP contribution in [0.5, 0.6) is 0 Å². The van der Waals surface area contributed by atoms with Crippen molar-refractivity contribution in [3.63, 3.8) is 0 Å². The molecule has 1 N–H and O–H groups in total. The Labute approximate surface area is 97.3 Å². The molecule has 0 saturated carbocycles. The monoisotopic (exact) mass is 220 g/mol. The van der Waals surface area contributed by atoms with Crippen molar-refractivity contribution < 1.29 is 4.79 Å². The Morgan fingerprint density at radius 1 is 1.25 bits per heavy atom. The van der Waals surface area contributed by atoms with E-state index in [0.717, 1.165) is 0 Å². The number of hydrogen-bond acceptors (Lipinski definition) is 2. The minimum absolute atomic E-state index is 0.0412. The highest BCUT2D eigenvalue weighted by Gasteiger charge is 2.20. The number of nitrogens with one attached hydrogen (secondary N) is 1. The summed E-state index contributed by atoms with van der Waals surface area (Å²) in [4.78, 5) is 15.9. The Bertz CT molecular complexity index is 325. The Hall–Kier alpha value is -1.38. The van der Waals surface area contributed by atoms with Crippen LogP contribution in [0.3, 0.4) is 0 Å². The molecule has 1 aromatic heterocycles. The fourth-order valence-electron chi connectivity index (χ4n) is 1.83. The number of carbonyl (C=O) groups is 1. The lowest BCUT2D eigenvalue weighted by molar-refractivity contribution is 0.0910. The van der Waals surface area contributed by atoms with Crippen LogP contribution in [0.15, 0.2) is 24.5 Å². The zero-order chi connectivity index (χ0) is 12.1. The fourth-order valence-corrected chi connectivity index (χ4v) is 1.83. The second-order valence-electron chi connectivity index (χ2n) is 4.73. The number of rotatable bonds is 4. The zero-order valence-corrected chi connectivity index (χ0v) is 10.4. The molecule has 88 valence electrons. The first-order valence-electron chi connectivity index (χ1n) is 5.73. The predicted molar refractivity (Wildman–Crippen MR) is 65.2 cm³/mol. The summed E-state index contributed by atoms with van der Waals surface area (Å²) in [6.45, 7) is 8.48. The highest BCUT2D eigenvalue weighted by Crippen LogP contribution is 2.12. The third kappa shape index (κ3) is 3.33. The number of pyridine rings is 1. The summed E-state index contributed by atoms with van der Waals surface area (Å²) in [6, 6.07) is 3.75. The van der Waals surface area contributed by atoms with Crippen LogP contribution in [-0.4, -0.2) is 16.9 Å². The number of nitrogens with zero attached hydrogens (tertiary/aromatic N) is 1. The van der Waals surface area contributed by atoms with Crippen LogP contribution in [-0.2, 0) is 0 Å². The second kappa shape index (κ2) is 5.64. The van der Waals surface area contributed by atoms with Crippen LogP contribution in [0.2, 0.25) is 0 Å². The molecule has 0 aromatic carbocycles. The number of carbonyl (C=O) groups excluding carboxylic acids is 1. The molecule has 0 bridgehead atoms. The number of aromatic nitrogens is 1. The molecule has 0 saturated heterocycles. The van der Waals surface area contributed by atoms with Crippen LogP contribution in [0.25, 0.3) is 0 Å². The third-order valence-corrected chi connectivity index (χ3v) is 2.66. The first-order chi connectivity index (χ1) is 7.52. The van der Waals surface area contributed by atoms with Gasteiger partial charge in [0.1, 0.15) is 0 Å². The average Bonchev–Trinajstić information content (AvgIpc) is 2.25. The van der Waals surface area contributed by atoms with E-state index in [-0.39, 0.29) is 11.9 Å². The molecule has 0 unspecified atom stereocenters. The summed E-state index contributed by atoms with van der Waals surface area (Å²) in [5, 5.41) is 3.05. The molecule has 0 aliphatic carbocycles. The fraction of sp³-hybridized carbons (Fsp3) is 0.538. The molecule has 3 nitrogen and oxygen atoms in total. The molecule has 0 fully saturated rings. The Kier molecular flexibility index (Phi) is 4.47. The molecular formula is C13H20N2O. The van der Waals surface area contributed by atoms with E-state index in [1.165, 1.54) is 0 Å². The van der Waals surface area contributed by atoms with Gasteiger partial charge in [0, 0.05) is 18.4 Å². The van der Waals surface area contributed by atoms with Gasteiger partial charge in [-0.15, -0.1) is 0 Å². The van der Waals surface area contributed by atoms with Gasteiger partial charge in [-0.25, -0.2) is 0 Å². The van der Waals surface area contributed by atoms with Crippen LogP contribution in [0, 0.1) is 11.8 Å². The maximum Gasteiger partial charge on any atom is 0.253 e. The van der Waals surface area contributed by atoms with Crippen molar-refractivity contribution in [2.45, 2.75) is 33.7 Å². The van der Waals surface area contributed by atoms with Crippen LogP contribution in [0.4, 0.5) is 0 Å². The first-order valence-corrected chi connectivity index (χ1v) is 5.73. The van der Waals surface area contributed by atoms with E-state index < -0.39 is 0 Å². The number of hydrogen-bond donors (Lipinski definition) is 1. The molecular weight excluding hydrogens is 200 g/mol. The average molecular weight is 220 g/mol. The summed E-state index contributed by atoms with van der Waals surface area (Å²) in [7, 11) is 0. The van der Waals surface area contributed by atoms with Crippen molar-refractivity contribution in [1.82, 2.24) is 10.3 Å². The van der Waals surface area contributed by atoms with Crippen molar-refractivity contribution in [2.75, 3.05) is 0 Å². The lowest BCUT2D eigenvalue weighted by Crippen LogP contribution is -2.42. The molecule has 1 aromatic rings. The van der Waals surface area contributed by atoms with Crippen molar-refractivity contribution in [3.05, 3.63) is 30.1 Å². The molecule has 1 rings (SSSR count). The summed E-state index contributed by atoms with van der Waals surface area (Å²) < 4.78 is 0. The topological polar surface area (TPSA) is 42.0 Å². The van der Waals surface area contributed by atoms with Gasteiger partial charge in [0.15, 0.2) is 0 Å². The van der Waals surface area contributed by atoms with Gasteiger partial charge in [0.05, 0.1) is 5.56 Å². The molecule has 1 amide bonds.